The van der Waals surface area contributed by atoms with Gasteiger partial charge in [-0.2, -0.15) is 0 Å². The fraction of sp³-hybridized carbons (Fsp3) is 1.00. The zero-order chi connectivity index (χ0) is 19.0. The van der Waals surface area contributed by atoms with Crippen molar-refractivity contribution >= 4 is 0 Å². The number of rotatable bonds is 18. The summed E-state index contributed by atoms with van der Waals surface area (Å²) in [5, 5.41) is 2.35. The van der Waals surface area contributed by atoms with Crippen LogP contribution in [0, 0.1) is 0 Å². The van der Waals surface area contributed by atoms with Gasteiger partial charge in [0, 0.05) is 19.6 Å². The standard InChI is InChI=1S/C19H42N2.C4H10/c1-4-7-8-9-10-11-12-13-14-15-16-17-18-20-21(6-3)19-5-2;1-3-4-2/h20H,4-19H2,1-3H3;3-4H2,1-2H3. The second-order valence-electron chi connectivity index (χ2n) is 7.38. The molecule has 0 aliphatic rings. The van der Waals surface area contributed by atoms with Crippen molar-refractivity contribution in [1.29, 1.82) is 0 Å². The van der Waals surface area contributed by atoms with Crippen LogP contribution in [-0.2, 0) is 0 Å². The van der Waals surface area contributed by atoms with Crippen molar-refractivity contribution < 1.29 is 0 Å². The van der Waals surface area contributed by atoms with Crippen LogP contribution in [-0.4, -0.2) is 24.6 Å². The van der Waals surface area contributed by atoms with Crippen molar-refractivity contribution in [1.82, 2.24) is 10.4 Å². The predicted molar refractivity (Wildman–Crippen MR) is 117 cm³/mol. The molecule has 0 unspecified atom stereocenters. The molecular weight excluding hydrogens is 304 g/mol. The first-order valence-electron chi connectivity index (χ1n) is 11.7. The Morgan fingerprint density at radius 2 is 0.920 bits per heavy atom. The first-order valence-corrected chi connectivity index (χ1v) is 11.7. The zero-order valence-corrected chi connectivity index (χ0v) is 18.7. The fourth-order valence-corrected chi connectivity index (χ4v) is 2.82. The minimum absolute atomic E-state index is 1.12. The van der Waals surface area contributed by atoms with Gasteiger partial charge in [-0.05, 0) is 12.8 Å². The van der Waals surface area contributed by atoms with Crippen LogP contribution in [0.2, 0.25) is 0 Å². The third kappa shape index (κ3) is 26.3. The van der Waals surface area contributed by atoms with E-state index >= 15 is 0 Å². The molecule has 25 heavy (non-hydrogen) atoms. The van der Waals surface area contributed by atoms with Crippen LogP contribution >= 0.6 is 0 Å². The van der Waals surface area contributed by atoms with Gasteiger partial charge in [0.05, 0.1) is 0 Å². The Morgan fingerprint density at radius 3 is 1.28 bits per heavy atom. The number of nitrogens with one attached hydrogen (secondary N) is 1. The smallest absolute Gasteiger partial charge is 0.0128 e. The van der Waals surface area contributed by atoms with Crippen LogP contribution in [0.3, 0.4) is 0 Å². The summed E-state index contributed by atoms with van der Waals surface area (Å²) in [4.78, 5) is 0. The van der Waals surface area contributed by atoms with Crippen LogP contribution < -0.4 is 5.43 Å². The van der Waals surface area contributed by atoms with Gasteiger partial charge in [-0.25, -0.2) is 5.01 Å². The molecule has 0 aromatic carbocycles. The van der Waals surface area contributed by atoms with Gasteiger partial charge in [-0.15, -0.1) is 0 Å². The monoisotopic (exact) mass is 356 g/mol. The lowest BCUT2D eigenvalue weighted by Gasteiger charge is -2.20. The summed E-state index contributed by atoms with van der Waals surface area (Å²) < 4.78 is 0. The molecule has 2 heteroatoms. The van der Waals surface area contributed by atoms with Gasteiger partial charge in [0.1, 0.15) is 0 Å². The first-order chi connectivity index (χ1) is 12.3. The minimum atomic E-state index is 1.12. The number of hydrazine groups is 1. The summed E-state index contributed by atoms with van der Waals surface area (Å²) in [7, 11) is 0. The molecule has 0 heterocycles. The van der Waals surface area contributed by atoms with E-state index in [0.717, 1.165) is 13.1 Å². The van der Waals surface area contributed by atoms with Crippen molar-refractivity contribution in [2.75, 3.05) is 19.6 Å². The topological polar surface area (TPSA) is 15.3 Å². The lowest BCUT2D eigenvalue weighted by Crippen LogP contribution is -2.38. The first kappa shape index (κ1) is 27.1. The molecule has 0 aromatic heterocycles. The van der Waals surface area contributed by atoms with Crippen molar-refractivity contribution in [3.8, 4) is 0 Å². The second kappa shape index (κ2) is 26.2. The summed E-state index contributed by atoms with van der Waals surface area (Å²) in [6.45, 7) is 14.6. The van der Waals surface area contributed by atoms with Crippen molar-refractivity contribution in [3.63, 3.8) is 0 Å². The molecule has 154 valence electrons. The molecule has 0 aromatic rings. The van der Waals surface area contributed by atoms with Gasteiger partial charge in [0.25, 0.3) is 0 Å². The molecule has 0 saturated heterocycles. The molecule has 0 atom stereocenters. The molecule has 1 N–H and O–H groups in total. The third-order valence-electron chi connectivity index (χ3n) is 4.74. The van der Waals surface area contributed by atoms with Gasteiger partial charge in [-0.1, -0.05) is 118 Å². The highest BCUT2D eigenvalue weighted by Gasteiger charge is 1.98. The molecule has 0 spiro atoms. The minimum Gasteiger partial charge on any atom is -0.255 e. The molecule has 0 aliphatic carbocycles. The maximum Gasteiger partial charge on any atom is 0.0128 e. The van der Waals surface area contributed by atoms with E-state index in [-0.39, 0.29) is 0 Å². The maximum atomic E-state index is 3.54. The summed E-state index contributed by atoms with van der Waals surface area (Å²) in [5.74, 6) is 0. The Hall–Kier alpha value is -0.0800. The van der Waals surface area contributed by atoms with E-state index in [9.17, 15) is 0 Å². The lowest BCUT2D eigenvalue weighted by molar-refractivity contribution is 0.196. The van der Waals surface area contributed by atoms with Gasteiger partial charge in [0.15, 0.2) is 0 Å². The van der Waals surface area contributed by atoms with Gasteiger partial charge in [-0.3, -0.25) is 5.43 Å². The molecule has 0 radical (unpaired) electrons. The third-order valence-corrected chi connectivity index (χ3v) is 4.74. The molecule has 0 rings (SSSR count). The summed E-state index contributed by atoms with van der Waals surface area (Å²) >= 11 is 0. The second-order valence-corrected chi connectivity index (χ2v) is 7.38. The Bertz CT molecular complexity index is 204. The van der Waals surface area contributed by atoms with Gasteiger partial charge < -0.3 is 0 Å². The SMILES string of the molecule is CCCC.CCCCCCCCCCCCCCNN(CC)CCC. The maximum absolute atomic E-state index is 3.54. The van der Waals surface area contributed by atoms with E-state index in [1.165, 1.54) is 103 Å². The van der Waals surface area contributed by atoms with E-state index in [4.69, 9.17) is 0 Å². The largest absolute Gasteiger partial charge is 0.255 e. The quantitative estimate of drug-likeness (QED) is 0.200. The molecule has 0 fully saturated rings. The number of nitrogens with zero attached hydrogens (tertiary/aromatic N) is 1. The Kier molecular flexibility index (Phi) is 28.4. The van der Waals surface area contributed by atoms with Crippen LogP contribution in [0.5, 0.6) is 0 Å². The molecule has 0 saturated carbocycles. The van der Waals surface area contributed by atoms with Crippen LogP contribution in [0.15, 0.2) is 0 Å². The lowest BCUT2D eigenvalue weighted by atomic mass is 10.1. The highest BCUT2D eigenvalue weighted by molar-refractivity contribution is 4.51. The van der Waals surface area contributed by atoms with E-state index in [2.05, 4.69) is 45.1 Å². The highest BCUT2D eigenvalue weighted by atomic mass is 15.5. The molecule has 0 amide bonds. The van der Waals surface area contributed by atoms with E-state index < -0.39 is 0 Å². The molecular formula is C23H52N2. The average molecular weight is 357 g/mol. The van der Waals surface area contributed by atoms with Crippen molar-refractivity contribution in [3.05, 3.63) is 0 Å². The number of unbranched alkanes of at least 4 members (excludes halogenated alkanes) is 12. The summed E-state index contributed by atoms with van der Waals surface area (Å²) in [6.07, 6.45) is 21.0. The summed E-state index contributed by atoms with van der Waals surface area (Å²) in [6, 6.07) is 0. The molecule has 0 bridgehead atoms. The number of hydrogen-bond donors (Lipinski definition) is 1. The van der Waals surface area contributed by atoms with Crippen molar-refractivity contribution in [2.24, 2.45) is 0 Å². The van der Waals surface area contributed by atoms with E-state index in [1.807, 2.05) is 0 Å². The normalized spacial score (nSPS) is 10.8. The molecule has 0 aliphatic heterocycles. The molecule has 2 nitrogen and oxygen atoms in total. The Labute approximate surface area is 161 Å². The predicted octanol–water partition coefficient (Wildman–Crippen LogP) is 7.73. The Balaban J connectivity index is 0. The van der Waals surface area contributed by atoms with E-state index in [0.29, 0.717) is 0 Å². The Morgan fingerprint density at radius 1 is 0.480 bits per heavy atom. The van der Waals surface area contributed by atoms with Gasteiger partial charge >= 0.3 is 0 Å². The van der Waals surface area contributed by atoms with Gasteiger partial charge in [0.2, 0.25) is 0 Å². The number of hydrogen-bond acceptors (Lipinski definition) is 2. The average Bonchev–Trinajstić information content (AvgIpc) is 2.64. The zero-order valence-electron chi connectivity index (χ0n) is 18.7. The van der Waals surface area contributed by atoms with Crippen LogP contribution in [0.25, 0.3) is 0 Å². The van der Waals surface area contributed by atoms with Crippen LogP contribution in [0.1, 0.15) is 131 Å². The van der Waals surface area contributed by atoms with Crippen LogP contribution in [0.4, 0.5) is 0 Å². The van der Waals surface area contributed by atoms with Crippen molar-refractivity contribution in [2.45, 2.75) is 131 Å². The highest BCUT2D eigenvalue weighted by Crippen LogP contribution is 2.11. The summed E-state index contributed by atoms with van der Waals surface area (Å²) in [5.41, 5.74) is 3.54. The van der Waals surface area contributed by atoms with E-state index in [1.54, 1.807) is 0 Å². The fourth-order valence-electron chi connectivity index (χ4n) is 2.82.